The van der Waals surface area contributed by atoms with Crippen LogP contribution in [0, 0.1) is 0 Å². The lowest BCUT2D eigenvalue weighted by atomic mass is 10.1. The van der Waals surface area contributed by atoms with Crippen LogP contribution in [-0.4, -0.2) is 38.8 Å². The summed E-state index contributed by atoms with van der Waals surface area (Å²) < 4.78 is 1.94. The molecule has 1 saturated heterocycles. The summed E-state index contributed by atoms with van der Waals surface area (Å²) in [5, 5.41) is 8.71. The molecule has 0 saturated carbocycles. The molecule has 0 N–H and O–H groups in total. The summed E-state index contributed by atoms with van der Waals surface area (Å²) in [6.45, 7) is 4.86. The Morgan fingerprint density at radius 1 is 1.29 bits per heavy atom. The normalized spacial score (nSPS) is 14.6. The van der Waals surface area contributed by atoms with Crippen LogP contribution in [0.4, 0.5) is 5.69 Å². The molecule has 7 heteroatoms. The van der Waals surface area contributed by atoms with Gasteiger partial charge in [-0.05, 0) is 44.5 Å². The highest BCUT2D eigenvalue weighted by Gasteiger charge is 2.21. The number of aromatic nitrogens is 3. The number of thioether (sulfide) groups is 1. The van der Waals surface area contributed by atoms with Crippen LogP contribution in [0.25, 0.3) is 0 Å². The maximum Gasteiger partial charge on any atom is 0.227 e. The van der Waals surface area contributed by atoms with Gasteiger partial charge in [0.05, 0.1) is 5.75 Å². The Morgan fingerprint density at radius 2 is 2.04 bits per heavy atom. The average molecular weight is 344 g/mol. The molecule has 0 atom stereocenters. The zero-order valence-corrected chi connectivity index (χ0v) is 14.6. The minimum atomic E-state index is 0.0394. The van der Waals surface area contributed by atoms with E-state index in [2.05, 4.69) is 10.2 Å². The molecule has 0 unspecified atom stereocenters. The SMILES string of the molecule is CC(C)n1cnnc1SCC(=O)c1ccc(N2CCCC2=O)cc1. The molecule has 1 aromatic carbocycles. The Labute approximate surface area is 145 Å². The van der Waals surface area contributed by atoms with E-state index in [0.29, 0.717) is 17.7 Å². The van der Waals surface area contributed by atoms with Gasteiger partial charge in [-0.15, -0.1) is 10.2 Å². The summed E-state index contributed by atoms with van der Waals surface area (Å²) in [6, 6.07) is 7.53. The van der Waals surface area contributed by atoms with E-state index < -0.39 is 0 Å². The lowest BCUT2D eigenvalue weighted by Gasteiger charge is -2.15. The highest BCUT2D eigenvalue weighted by molar-refractivity contribution is 7.99. The van der Waals surface area contributed by atoms with Gasteiger partial charge in [0.1, 0.15) is 6.33 Å². The Kier molecular flexibility index (Phi) is 4.99. The molecule has 24 heavy (non-hydrogen) atoms. The van der Waals surface area contributed by atoms with E-state index in [9.17, 15) is 9.59 Å². The molecule has 2 aromatic rings. The number of amides is 1. The van der Waals surface area contributed by atoms with E-state index in [0.717, 1.165) is 23.8 Å². The molecule has 0 bridgehead atoms. The molecule has 3 rings (SSSR count). The first-order valence-electron chi connectivity index (χ1n) is 8.02. The van der Waals surface area contributed by atoms with E-state index in [1.807, 2.05) is 30.5 Å². The first-order chi connectivity index (χ1) is 11.6. The average Bonchev–Trinajstić information content (AvgIpc) is 3.21. The van der Waals surface area contributed by atoms with E-state index in [-0.39, 0.29) is 17.7 Å². The quantitative estimate of drug-likeness (QED) is 0.595. The molecule has 1 fully saturated rings. The summed E-state index contributed by atoms with van der Waals surface area (Å²) in [5.74, 6) is 0.503. The highest BCUT2D eigenvalue weighted by atomic mass is 32.2. The first kappa shape index (κ1) is 16.7. The van der Waals surface area contributed by atoms with Crippen molar-refractivity contribution in [2.45, 2.75) is 37.9 Å². The third-order valence-electron chi connectivity index (χ3n) is 4.00. The van der Waals surface area contributed by atoms with Crippen molar-refractivity contribution < 1.29 is 9.59 Å². The molecule has 126 valence electrons. The Hall–Kier alpha value is -2.15. The Bertz CT molecular complexity index is 739. The lowest BCUT2D eigenvalue weighted by molar-refractivity contribution is -0.117. The van der Waals surface area contributed by atoms with Crippen LogP contribution < -0.4 is 4.90 Å². The van der Waals surface area contributed by atoms with E-state index in [1.165, 1.54) is 11.8 Å². The highest BCUT2D eigenvalue weighted by Crippen LogP contribution is 2.23. The van der Waals surface area contributed by atoms with Gasteiger partial charge >= 0.3 is 0 Å². The van der Waals surface area contributed by atoms with Gasteiger partial charge in [0.15, 0.2) is 10.9 Å². The van der Waals surface area contributed by atoms with Crippen LogP contribution in [0.1, 0.15) is 43.1 Å². The van der Waals surface area contributed by atoms with Crippen molar-refractivity contribution in [1.82, 2.24) is 14.8 Å². The van der Waals surface area contributed by atoms with Crippen molar-refractivity contribution in [2.24, 2.45) is 0 Å². The van der Waals surface area contributed by atoms with Gasteiger partial charge in [-0.25, -0.2) is 0 Å². The molecule has 1 aliphatic rings. The smallest absolute Gasteiger partial charge is 0.227 e. The third kappa shape index (κ3) is 3.51. The number of hydrogen-bond donors (Lipinski definition) is 0. The predicted molar refractivity (Wildman–Crippen MR) is 93.5 cm³/mol. The van der Waals surface area contributed by atoms with Crippen molar-refractivity contribution in [3.63, 3.8) is 0 Å². The van der Waals surface area contributed by atoms with Crippen molar-refractivity contribution in [2.75, 3.05) is 17.2 Å². The largest absolute Gasteiger partial charge is 0.312 e. The zero-order valence-electron chi connectivity index (χ0n) is 13.8. The molecular weight excluding hydrogens is 324 g/mol. The number of ketones is 1. The van der Waals surface area contributed by atoms with E-state index >= 15 is 0 Å². The maximum atomic E-state index is 12.4. The van der Waals surface area contributed by atoms with Crippen molar-refractivity contribution in [3.8, 4) is 0 Å². The molecule has 0 radical (unpaired) electrons. The molecule has 2 heterocycles. The molecule has 1 amide bonds. The van der Waals surface area contributed by atoms with Gasteiger partial charge < -0.3 is 9.47 Å². The lowest BCUT2D eigenvalue weighted by Crippen LogP contribution is -2.23. The molecule has 1 aliphatic heterocycles. The molecule has 0 spiro atoms. The van der Waals surface area contributed by atoms with Crippen LogP contribution in [0.3, 0.4) is 0 Å². The van der Waals surface area contributed by atoms with Gasteiger partial charge in [0.25, 0.3) is 0 Å². The van der Waals surface area contributed by atoms with Crippen LogP contribution in [-0.2, 0) is 4.79 Å². The van der Waals surface area contributed by atoms with Gasteiger partial charge in [-0.3, -0.25) is 9.59 Å². The van der Waals surface area contributed by atoms with Crippen molar-refractivity contribution in [3.05, 3.63) is 36.2 Å². The fourth-order valence-corrected chi connectivity index (χ4v) is 3.59. The minimum Gasteiger partial charge on any atom is -0.312 e. The van der Waals surface area contributed by atoms with E-state index in [4.69, 9.17) is 0 Å². The Balaban J connectivity index is 1.63. The number of Topliss-reactive ketones (excluding diaryl/α,β-unsaturated/α-hetero) is 1. The number of hydrogen-bond acceptors (Lipinski definition) is 5. The number of nitrogens with zero attached hydrogens (tertiary/aromatic N) is 4. The summed E-state index contributed by atoms with van der Waals surface area (Å²) >= 11 is 1.39. The van der Waals surface area contributed by atoms with Gasteiger partial charge in [-0.1, -0.05) is 11.8 Å². The summed E-state index contributed by atoms with van der Waals surface area (Å²) in [4.78, 5) is 25.9. The van der Waals surface area contributed by atoms with Crippen molar-refractivity contribution in [1.29, 1.82) is 0 Å². The fourth-order valence-electron chi connectivity index (χ4n) is 2.65. The number of carbonyl (C=O) groups is 2. The number of benzene rings is 1. The van der Waals surface area contributed by atoms with Gasteiger partial charge in [-0.2, -0.15) is 0 Å². The number of rotatable bonds is 6. The van der Waals surface area contributed by atoms with Crippen LogP contribution >= 0.6 is 11.8 Å². The Morgan fingerprint density at radius 3 is 2.67 bits per heavy atom. The second-order valence-corrected chi connectivity index (χ2v) is 6.96. The number of anilines is 1. The topological polar surface area (TPSA) is 68.1 Å². The van der Waals surface area contributed by atoms with Gasteiger partial charge in [0.2, 0.25) is 5.91 Å². The van der Waals surface area contributed by atoms with Crippen molar-refractivity contribution >= 4 is 29.1 Å². The number of carbonyl (C=O) groups excluding carboxylic acids is 2. The monoisotopic (exact) mass is 344 g/mol. The molecule has 0 aliphatic carbocycles. The van der Waals surface area contributed by atoms with E-state index in [1.54, 1.807) is 23.4 Å². The molecular formula is C17H20N4O2S. The second kappa shape index (κ2) is 7.17. The van der Waals surface area contributed by atoms with Crippen LogP contribution in [0.15, 0.2) is 35.7 Å². The minimum absolute atomic E-state index is 0.0394. The summed E-state index contributed by atoms with van der Waals surface area (Å²) in [5.41, 5.74) is 1.51. The predicted octanol–water partition coefficient (Wildman–Crippen LogP) is 2.96. The van der Waals surface area contributed by atoms with Crippen LogP contribution in [0.2, 0.25) is 0 Å². The molecule has 1 aromatic heterocycles. The van der Waals surface area contributed by atoms with Gasteiger partial charge in [0, 0.05) is 30.3 Å². The first-order valence-corrected chi connectivity index (χ1v) is 9.01. The third-order valence-corrected chi connectivity index (χ3v) is 4.96. The van der Waals surface area contributed by atoms with Crippen LogP contribution in [0.5, 0.6) is 0 Å². The summed E-state index contributed by atoms with van der Waals surface area (Å²) in [6.07, 6.45) is 3.18. The second-order valence-electron chi connectivity index (χ2n) is 6.02. The maximum absolute atomic E-state index is 12.4. The summed E-state index contributed by atoms with van der Waals surface area (Å²) in [7, 11) is 0. The zero-order chi connectivity index (χ0) is 17.1. The fraction of sp³-hybridized carbons (Fsp3) is 0.412. The molecule has 6 nitrogen and oxygen atoms in total. The standard InChI is InChI=1S/C17H20N4O2S/c1-12(2)21-11-18-19-17(21)24-10-15(22)13-5-7-14(8-6-13)20-9-3-4-16(20)23/h5-8,11-12H,3-4,9-10H2,1-2H3.